The van der Waals surface area contributed by atoms with E-state index in [2.05, 4.69) is 35.4 Å². The van der Waals surface area contributed by atoms with Crippen molar-refractivity contribution in [2.24, 2.45) is 21.6 Å². The molecule has 1 aromatic heterocycles. The van der Waals surface area contributed by atoms with Gasteiger partial charge in [0.2, 0.25) is 0 Å². The fraction of sp³-hybridized carbons (Fsp3) is 0.517. The number of aromatic nitrogens is 1. The third kappa shape index (κ3) is 7.99. The number of fused-ring (bicyclic) bond motifs is 1. The quantitative estimate of drug-likeness (QED) is 0.0497. The molecule has 20 nitrogen and oxygen atoms in total. The molecule has 3 aliphatic rings. The Morgan fingerprint density at radius 3 is 2.61 bits per heavy atom. The largest absolute Gasteiger partial charge is 0.485 e. The second-order valence-electron chi connectivity index (χ2n) is 12.8. The first-order chi connectivity index (χ1) is 24.0. The zero-order valence-electron chi connectivity index (χ0n) is 27.9. The molecule has 51 heavy (non-hydrogen) atoms. The summed E-state index contributed by atoms with van der Waals surface area (Å²) in [4.78, 5) is 53.0. The Kier molecular flexibility index (Phi) is 10.7. The Balaban J connectivity index is 1.31. The Hall–Kier alpha value is -4.61. The molecule has 0 bridgehead atoms. The van der Waals surface area contributed by atoms with Crippen molar-refractivity contribution >= 4 is 56.3 Å². The number of carboxylic acid groups (broad SMARTS) is 1. The number of anilines is 1. The monoisotopic (exact) mass is 752 g/mol. The average molecular weight is 753 g/mol. The number of rotatable bonds is 13. The lowest BCUT2D eigenvalue weighted by atomic mass is 9.84. The number of aliphatic imine (C=N–C) groups is 1. The SMILES string of the molecule is CC(O/N=C(\C(=O)NC1C(=O)N(OS(=O)(=O)O)C1(C)C)c1csc(N)n1)(C(=O)O)[C@H]1CCc2cc(C3CN=C(NC(CN)CN)NC3)ccc2O1. The predicted molar refractivity (Wildman–Crippen MR) is 183 cm³/mol. The number of aryl methyl sites for hydroxylation is 1. The lowest BCUT2D eigenvalue weighted by Gasteiger charge is -2.50. The molecule has 2 amide bonds. The number of aliphatic carboxylic acids is 1. The summed E-state index contributed by atoms with van der Waals surface area (Å²) in [5.74, 6) is -2.25. The van der Waals surface area contributed by atoms with Crippen molar-refractivity contribution in [3.8, 4) is 5.75 Å². The van der Waals surface area contributed by atoms with E-state index in [1.807, 2.05) is 12.1 Å². The number of hydrogen-bond acceptors (Lipinski definition) is 17. The van der Waals surface area contributed by atoms with Gasteiger partial charge in [0.1, 0.15) is 17.5 Å². The first-order valence-corrected chi connectivity index (χ1v) is 18.0. The molecule has 1 aromatic carbocycles. The topological polar surface area (TPSA) is 308 Å². The van der Waals surface area contributed by atoms with Crippen LogP contribution in [0.4, 0.5) is 5.13 Å². The van der Waals surface area contributed by atoms with Crippen LogP contribution in [0.5, 0.6) is 5.75 Å². The van der Waals surface area contributed by atoms with Crippen molar-refractivity contribution in [2.45, 2.75) is 68.9 Å². The Bertz CT molecular complexity index is 1850. The summed E-state index contributed by atoms with van der Waals surface area (Å²) in [6.45, 7) is 5.92. The van der Waals surface area contributed by atoms with E-state index in [-0.39, 0.29) is 29.2 Å². The highest BCUT2D eigenvalue weighted by Gasteiger charge is 2.58. The third-order valence-electron chi connectivity index (χ3n) is 8.86. The van der Waals surface area contributed by atoms with Crippen molar-refractivity contribution in [1.82, 2.24) is 26.0 Å². The van der Waals surface area contributed by atoms with E-state index in [1.165, 1.54) is 26.2 Å². The molecule has 4 atom stereocenters. The molecule has 4 heterocycles. The van der Waals surface area contributed by atoms with Gasteiger partial charge in [-0.3, -0.25) is 19.1 Å². The number of hydroxylamine groups is 2. The molecule has 0 aliphatic carbocycles. The second kappa shape index (κ2) is 14.6. The van der Waals surface area contributed by atoms with Gasteiger partial charge in [0, 0.05) is 30.9 Å². The van der Waals surface area contributed by atoms with Crippen LogP contribution >= 0.6 is 11.3 Å². The highest BCUT2D eigenvalue weighted by molar-refractivity contribution is 7.80. The average Bonchev–Trinajstić information content (AvgIpc) is 3.53. The number of ether oxygens (including phenoxy) is 1. The highest BCUT2D eigenvalue weighted by atomic mass is 32.3. The van der Waals surface area contributed by atoms with Crippen molar-refractivity contribution in [3.05, 3.63) is 40.4 Å². The molecule has 3 aliphatic heterocycles. The third-order valence-corrected chi connectivity index (χ3v) is 9.87. The maximum atomic E-state index is 13.5. The number of hydrogen-bond donors (Lipinski definition) is 8. The van der Waals surface area contributed by atoms with Crippen LogP contribution in [0.25, 0.3) is 0 Å². The molecule has 0 saturated carbocycles. The number of β-lactam (4-membered cyclic amide) rings is 1. The summed E-state index contributed by atoms with van der Waals surface area (Å²) in [6, 6.07) is 4.24. The first-order valence-electron chi connectivity index (χ1n) is 15.7. The number of benzene rings is 1. The molecule has 278 valence electrons. The molecule has 0 radical (unpaired) electrons. The Morgan fingerprint density at radius 1 is 1.31 bits per heavy atom. The van der Waals surface area contributed by atoms with E-state index < -0.39 is 57.2 Å². The summed E-state index contributed by atoms with van der Waals surface area (Å²) < 4.78 is 41.8. The first kappa shape index (κ1) is 37.6. The number of carbonyl (C=O) groups is 3. The minimum absolute atomic E-state index is 0.0608. The van der Waals surface area contributed by atoms with Gasteiger partial charge < -0.3 is 47.8 Å². The lowest BCUT2D eigenvalue weighted by molar-refractivity contribution is -0.218. The molecule has 5 rings (SSSR count). The normalized spacial score (nSPS) is 22.8. The fourth-order valence-corrected chi connectivity index (χ4v) is 6.72. The smallest absolute Gasteiger partial charge is 0.418 e. The minimum atomic E-state index is -5.03. The van der Waals surface area contributed by atoms with Gasteiger partial charge in [-0.15, -0.1) is 15.6 Å². The summed E-state index contributed by atoms with van der Waals surface area (Å²) in [7, 11) is -5.03. The number of carboxylic acids is 1. The summed E-state index contributed by atoms with van der Waals surface area (Å²) >= 11 is 0.968. The Morgan fingerprint density at radius 2 is 2.04 bits per heavy atom. The van der Waals surface area contributed by atoms with Gasteiger partial charge in [-0.1, -0.05) is 17.3 Å². The van der Waals surface area contributed by atoms with Crippen LogP contribution in [0.15, 0.2) is 33.7 Å². The van der Waals surface area contributed by atoms with Gasteiger partial charge in [-0.05, 0) is 50.8 Å². The molecular weight excluding hydrogens is 713 g/mol. The van der Waals surface area contributed by atoms with Gasteiger partial charge in [-0.2, -0.15) is 13.5 Å². The highest BCUT2D eigenvalue weighted by Crippen LogP contribution is 2.36. The maximum absolute atomic E-state index is 13.5. The van der Waals surface area contributed by atoms with Gasteiger partial charge in [0.05, 0.1) is 18.1 Å². The van der Waals surface area contributed by atoms with E-state index in [0.29, 0.717) is 49.4 Å². The predicted octanol–water partition coefficient (Wildman–Crippen LogP) is -1.56. The van der Waals surface area contributed by atoms with E-state index >= 15 is 0 Å². The van der Waals surface area contributed by atoms with Gasteiger partial charge in [0.25, 0.3) is 17.4 Å². The summed E-state index contributed by atoms with van der Waals surface area (Å²) in [5.41, 5.74) is 15.0. The van der Waals surface area contributed by atoms with Crippen LogP contribution in [0.3, 0.4) is 0 Å². The number of amides is 2. The maximum Gasteiger partial charge on any atom is 0.418 e. The number of nitrogens with zero attached hydrogens (tertiary/aromatic N) is 4. The van der Waals surface area contributed by atoms with Gasteiger partial charge in [-0.25, -0.2) is 9.78 Å². The van der Waals surface area contributed by atoms with E-state index in [1.54, 1.807) is 6.07 Å². The van der Waals surface area contributed by atoms with Gasteiger partial charge in [0.15, 0.2) is 22.9 Å². The minimum Gasteiger partial charge on any atom is -0.485 e. The van der Waals surface area contributed by atoms with Crippen LogP contribution < -0.4 is 37.9 Å². The lowest BCUT2D eigenvalue weighted by Crippen LogP contribution is -2.76. The molecule has 0 spiro atoms. The summed E-state index contributed by atoms with van der Waals surface area (Å²) in [5, 5.41) is 24.9. The molecule has 1 fully saturated rings. The molecule has 3 unspecified atom stereocenters. The number of oxime groups is 1. The molecule has 2 aromatic rings. The number of nitrogens with two attached hydrogens (primary N) is 3. The zero-order valence-corrected chi connectivity index (χ0v) is 29.5. The molecule has 1 saturated heterocycles. The van der Waals surface area contributed by atoms with Crippen LogP contribution in [0.2, 0.25) is 0 Å². The van der Waals surface area contributed by atoms with Crippen LogP contribution in [0, 0.1) is 0 Å². The number of carbonyl (C=O) groups excluding carboxylic acids is 2. The number of nitrogen functional groups attached to an aromatic ring is 1. The van der Waals surface area contributed by atoms with Crippen molar-refractivity contribution in [3.63, 3.8) is 0 Å². The number of thiazole rings is 1. The van der Waals surface area contributed by atoms with E-state index in [9.17, 15) is 27.9 Å². The Labute approximate surface area is 296 Å². The summed E-state index contributed by atoms with van der Waals surface area (Å²) in [6.07, 6.45) is -0.373. The zero-order chi connectivity index (χ0) is 37.3. The van der Waals surface area contributed by atoms with Crippen molar-refractivity contribution < 1.29 is 46.3 Å². The molecular formula is C29H40N10O10S2. The van der Waals surface area contributed by atoms with Crippen LogP contribution in [0.1, 0.15) is 49.9 Å². The molecule has 22 heteroatoms. The van der Waals surface area contributed by atoms with E-state index in [0.717, 1.165) is 22.5 Å². The van der Waals surface area contributed by atoms with Crippen molar-refractivity contribution in [1.29, 1.82) is 0 Å². The number of guanidine groups is 1. The van der Waals surface area contributed by atoms with E-state index in [4.69, 9.17) is 31.3 Å². The fourth-order valence-electron chi connectivity index (χ4n) is 5.72. The van der Waals surface area contributed by atoms with Crippen LogP contribution in [-0.2, 0) is 40.3 Å². The van der Waals surface area contributed by atoms with Crippen molar-refractivity contribution in [2.75, 3.05) is 31.9 Å². The number of nitrogens with one attached hydrogen (secondary N) is 3. The second-order valence-corrected chi connectivity index (χ2v) is 14.7. The van der Waals surface area contributed by atoms with Gasteiger partial charge >= 0.3 is 16.4 Å². The molecule has 11 N–H and O–H groups in total. The standard InChI is InChI=1S/C29H40N10O10S2/c1-28(2)22(24(41)39(28)49-51(44,45)46)37-23(40)21(18-13-50-26(32)36-18)38-48-29(3,25(42)43)20-7-5-15-8-14(4-6-19(15)47-20)16-11-33-27(34-12-16)35-17(9-30)10-31/h4,6,8,13,16-17,20,22H,5,7,9-12,30-31H2,1-3H3,(H2,32,36)(H,37,40)(H,42,43)(H2,33,34,35)(H,44,45,46)/b38-21-/t20-,22?,29?/m1/s1. The van der Waals surface area contributed by atoms with Crippen LogP contribution in [-0.4, -0.2) is 113 Å².